The van der Waals surface area contributed by atoms with Gasteiger partial charge in [-0.1, -0.05) is 18.7 Å². The number of nitrogens with zero attached hydrogens (tertiary/aromatic N) is 3. The third-order valence-corrected chi connectivity index (χ3v) is 6.67. The standard InChI is InChI=1S/C18H25N3O3S2/c1-5-13-11(2)26-16-15(13)17(23)21(9-12-7-6-8-24-12)18(19-16)25-10-14(22)20(3)4/h12H,5-10H2,1-4H3/t12-/m1/s1. The number of carbonyl (C=O) groups is 1. The Bertz CT molecular complexity index is 867. The van der Waals surface area contributed by atoms with Crippen molar-refractivity contribution in [3.8, 4) is 0 Å². The lowest BCUT2D eigenvalue weighted by molar-refractivity contribution is -0.125. The van der Waals surface area contributed by atoms with Crippen LogP contribution < -0.4 is 5.56 Å². The summed E-state index contributed by atoms with van der Waals surface area (Å²) in [6.07, 6.45) is 2.83. The Hall–Kier alpha value is -1.38. The van der Waals surface area contributed by atoms with Gasteiger partial charge in [-0.3, -0.25) is 14.2 Å². The van der Waals surface area contributed by atoms with Gasteiger partial charge in [-0.15, -0.1) is 11.3 Å². The van der Waals surface area contributed by atoms with Gasteiger partial charge in [-0.2, -0.15) is 0 Å². The number of thioether (sulfide) groups is 1. The molecule has 0 N–H and O–H groups in total. The van der Waals surface area contributed by atoms with E-state index in [1.54, 1.807) is 34.9 Å². The van der Waals surface area contributed by atoms with E-state index in [1.807, 2.05) is 6.92 Å². The van der Waals surface area contributed by atoms with Gasteiger partial charge in [0.1, 0.15) is 4.83 Å². The van der Waals surface area contributed by atoms with Gasteiger partial charge >= 0.3 is 0 Å². The van der Waals surface area contributed by atoms with Crippen LogP contribution in [0.2, 0.25) is 0 Å². The summed E-state index contributed by atoms with van der Waals surface area (Å²) >= 11 is 2.89. The van der Waals surface area contributed by atoms with Crippen LogP contribution in [0.5, 0.6) is 0 Å². The topological polar surface area (TPSA) is 64.4 Å². The lowest BCUT2D eigenvalue weighted by Gasteiger charge is -2.16. The number of hydrogen-bond donors (Lipinski definition) is 0. The Balaban J connectivity index is 2.04. The van der Waals surface area contributed by atoms with Gasteiger partial charge in [0.25, 0.3) is 5.56 Å². The molecule has 1 fully saturated rings. The highest BCUT2D eigenvalue weighted by Gasteiger charge is 2.23. The monoisotopic (exact) mass is 395 g/mol. The van der Waals surface area contributed by atoms with Crippen molar-refractivity contribution in [1.82, 2.24) is 14.5 Å². The van der Waals surface area contributed by atoms with Gasteiger partial charge in [-0.05, 0) is 31.7 Å². The molecule has 1 saturated heterocycles. The first-order chi connectivity index (χ1) is 12.4. The van der Waals surface area contributed by atoms with Crippen molar-refractivity contribution in [3.05, 3.63) is 20.8 Å². The third kappa shape index (κ3) is 3.82. The summed E-state index contributed by atoms with van der Waals surface area (Å²) in [7, 11) is 3.46. The fourth-order valence-electron chi connectivity index (χ4n) is 3.18. The zero-order chi connectivity index (χ0) is 18.8. The molecule has 6 nitrogen and oxygen atoms in total. The Kier molecular flexibility index (Phi) is 6.04. The Morgan fingerprint density at radius 2 is 2.23 bits per heavy atom. The predicted octanol–water partition coefficient (Wildman–Crippen LogP) is 2.69. The first-order valence-corrected chi connectivity index (χ1v) is 10.7. The number of aromatic nitrogens is 2. The summed E-state index contributed by atoms with van der Waals surface area (Å²) in [6.45, 7) is 5.35. The zero-order valence-corrected chi connectivity index (χ0v) is 17.3. The molecule has 0 bridgehead atoms. The van der Waals surface area contributed by atoms with Crippen LogP contribution in [-0.2, 0) is 22.5 Å². The van der Waals surface area contributed by atoms with E-state index in [9.17, 15) is 9.59 Å². The highest BCUT2D eigenvalue weighted by atomic mass is 32.2. The van der Waals surface area contributed by atoms with Crippen molar-refractivity contribution in [1.29, 1.82) is 0 Å². The molecule has 1 amide bonds. The molecule has 2 aromatic rings. The molecule has 8 heteroatoms. The third-order valence-electron chi connectivity index (χ3n) is 4.66. The summed E-state index contributed by atoms with van der Waals surface area (Å²) in [5.74, 6) is 0.270. The van der Waals surface area contributed by atoms with Crippen LogP contribution >= 0.6 is 23.1 Å². The largest absolute Gasteiger partial charge is 0.376 e. The van der Waals surface area contributed by atoms with Crippen molar-refractivity contribution >= 4 is 39.2 Å². The number of rotatable bonds is 6. The number of aryl methyl sites for hydroxylation is 2. The molecule has 0 saturated carbocycles. The SMILES string of the molecule is CCc1c(C)sc2nc(SCC(=O)N(C)C)n(C[C@H]3CCCO3)c(=O)c12. The van der Waals surface area contributed by atoms with Crippen molar-refractivity contribution in [2.45, 2.75) is 50.9 Å². The number of ether oxygens (including phenoxy) is 1. The lowest BCUT2D eigenvalue weighted by Crippen LogP contribution is -2.30. The minimum absolute atomic E-state index is 0.00428. The molecule has 0 spiro atoms. The molecule has 0 radical (unpaired) electrons. The van der Waals surface area contributed by atoms with E-state index in [-0.39, 0.29) is 23.3 Å². The van der Waals surface area contributed by atoms with Crippen molar-refractivity contribution in [2.24, 2.45) is 0 Å². The molecular formula is C18H25N3O3S2. The second kappa shape index (κ2) is 8.10. The zero-order valence-electron chi connectivity index (χ0n) is 15.7. The van der Waals surface area contributed by atoms with Crippen LogP contribution in [0.15, 0.2) is 9.95 Å². The van der Waals surface area contributed by atoms with Crippen molar-refractivity contribution in [2.75, 3.05) is 26.5 Å². The fraction of sp³-hybridized carbons (Fsp3) is 0.611. The first-order valence-electron chi connectivity index (χ1n) is 8.89. The maximum atomic E-state index is 13.3. The van der Waals surface area contributed by atoms with Crippen molar-refractivity contribution < 1.29 is 9.53 Å². The quantitative estimate of drug-likeness (QED) is 0.556. The van der Waals surface area contributed by atoms with E-state index in [1.165, 1.54) is 11.8 Å². The molecule has 3 heterocycles. The summed E-state index contributed by atoms with van der Waals surface area (Å²) in [5, 5.41) is 1.34. The van der Waals surface area contributed by atoms with Gasteiger partial charge in [0, 0.05) is 25.6 Å². The van der Waals surface area contributed by atoms with E-state index in [4.69, 9.17) is 9.72 Å². The number of amides is 1. The molecular weight excluding hydrogens is 370 g/mol. The average molecular weight is 396 g/mol. The smallest absolute Gasteiger partial charge is 0.263 e. The normalized spacial score (nSPS) is 17.2. The summed E-state index contributed by atoms with van der Waals surface area (Å²) < 4.78 is 7.45. The number of hydrogen-bond acceptors (Lipinski definition) is 6. The lowest BCUT2D eigenvalue weighted by atomic mass is 10.1. The second-order valence-electron chi connectivity index (χ2n) is 6.69. The van der Waals surface area contributed by atoms with E-state index >= 15 is 0 Å². The predicted molar refractivity (Wildman–Crippen MR) is 106 cm³/mol. The number of fused-ring (bicyclic) bond motifs is 1. The van der Waals surface area contributed by atoms with E-state index in [2.05, 4.69) is 6.92 Å². The summed E-state index contributed by atoms with van der Waals surface area (Å²) in [4.78, 5) is 33.5. The number of carbonyl (C=O) groups excluding carboxylic acids is 1. The van der Waals surface area contributed by atoms with E-state index < -0.39 is 0 Å². The van der Waals surface area contributed by atoms with Crippen LogP contribution in [0, 0.1) is 6.92 Å². The minimum Gasteiger partial charge on any atom is -0.376 e. The molecule has 1 aliphatic rings. The highest BCUT2D eigenvalue weighted by Crippen LogP contribution is 2.30. The van der Waals surface area contributed by atoms with E-state index in [0.29, 0.717) is 11.7 Å². The van der Waals surface area contributed by atoms with Gasteiger partial charge in [-0.25, -0.2) is 4.98 Å². The molecule has 0 unspecified atom stereocenters. The van der Waals surface area contributed by atoms with E-state index in [0.717, 1.165) is 46.5 Å². The van der Waals surface area contributed by atoms with Gasteiger partial charge in [0.15, 0.2) is 5.16 Å². The van der Waals surface area contributed by atoms with Gasteiger partial charge < -0.3 is 9.64 Å². The van der Waals surface area contributed by atoms with Crippen LogP contribution in [0.4, 0.5) is 0 Å². The van der Waals surface area contributed by atoms with Crippen LogP contribution in [0.3, 0.4) is 0 Å². The van der Waals surface area contributed by atoms with Crippen LogP contribution in [0.1, 0.15) is 30.2 Å². The summed E-state index contributed by atoms with van der Waals surface area (Å²) in [6, 6.07) is 0. The molecule has 2 aromatic heterocycles. The molecule has 26 heavy (non-hydrogen) atoms. The molecule has 142 valence electrons. The van der Waals surface area contributed by atoms with Gasteiger partial charge in [0.05, 0.1) is 23.8 Å². The minimum atomic E-state index is -0.00787. The molecule has 1 aliphatic heterocycles. The maximum Gasteiger partial charge on any atom is 0.263 e. The molecule has 0 aromatic carbocycles. The number of thiophene rings is 1. The fourth-order valence-corrected chi connectivity index (χ4v) is 5.32. The maximum absolute atomic E-state index is 13.3. The summed E-state index contributed by atoms with van der Waals surface area (Å²) in [5.41, 5.74) is 1.08. The first kappa shape index (κ1) is 19.4. The average Bonchev–Trinajstić information content (AvgIpc) is 3.22. The Morgan fingerprint density at radius 3 is 2.85 bits per heavy atom. The Morgan fingerprint density at radius 1 is 1.46 bits per heavy atom. The molecule has 3 rings (SSSR count). The molecule has 1 atom stereocenters. The highest BCUT2D eigenvalue weighted by molar-refractivity contribution is 7.99. The van der Waals surface area contributed by atoms with Crippen LogP contribution in [-0.4, -0.2) is 52.9 Å². The molecule has 0 aliphatic carbocycles. The second-order valence-corrected chi connectivity index (χ2v) is 8.84. The Labute approximate surface area is 161 Å². The van der Waals surface area contributed by atoms with Crippen molar-refractivity contribution in [3.63, 3.8) is 0 Å². The van der Waals surface area contributed by atoms with Gasteiger partial charge in [0.2, 0.25) is 5.91 Å². The van der Waals surface area contributed by atoms with Crippen LogP contribution in [0.25, 0.3) is 10.2 Å².